The van der Waals surface area contributed by atoms with Crippen LogP contribution < -0.4 is 10.1 Å². The van der Waals surface area contributed by atoms with Crippen LogP contribution in [0.1, 0.15) is 37.7 Å². The Kier molecular flexibility index (Phi) is 6.72. The molecule has 2 aliphatic rings. The molecular formula is C21H30N2O4. The van der Waals surface area contributed by atoms with Crippen LogP contribution in [-0.2, 0) is 20.7 Å². The Morgan fingerprint density at radius 2 is 1.89 bits per heavy atom. The van der Waals surface area contributed by atoms with Crippen LogP contribution in [0.4, 0.5) is 0 Å². The van der Waals surface area contributed by atoms with Gasteiger partial charge in [-0.1, -0.05) is 25.0 Å². The molecule has 0 radical (unpaired) electrons. The van der Waals surface area contributed by atoms with E-state index in [-0.39, 0.29) is 24.5 Å². The quantitative estimate of drug-likeness (QED) is 0.741. The minimum absolute atomic E-state index is 0.0244. The van der Waals surface area contributed by atoms with Crippen molar-refractivity contribution in [3.63, 3.8) is 0 Å². The van der Waals surface area contributed by atoms with Gasteiger partial charge >= 0.3 is 5.97 Å². The third-order valence-corrected chi connectivity index (χ3v) is 5.92. The van der Waals surface area contributed by atoms with Gasteiger partial charge in [-0.3, -0.25) is 14.5 Å². The minimum Gasteiger partial charge on any atom is -0.497 e. The number of nitrogens with one attached hydrogen (secondary N) is 1. The fourth-order valence-electron chi connectivity index (χ4n) is 4.51. The number of benzene rings is 1. The van der Waals surface area contributed by atoms with E-state index in [2.05, 4.69) is 10.2 Å². The van der Waals surface area contributed by atoms with Crippen molar-refractivity contribution in [2.24, 2.45) is 5.92 Å². The van der Waals surface area contributed by atoms with Gasteiger partial charge in [0.25, 0.3) is 0 Å². The van der Waals surface area contributed by atoms with Gasteiger partial charge in [0.15, 0.2) is 0 Å². The summed E-state index contributed by atoms with van der Waals surface area (Å²) >= 11 is 0. The summed E-state index contributed by atoms with van der Waals surface area (Å²) in [5.74, 6) is 1.10. The smallest absolute Gasteiger partial charge is 0.323 e. The number of hydrogen-bond acceptors (Lipinski definition) is 5. The van der Waals surface area contributed by atoms with Crippen LogP contribution in [-0.4, -0.2) is 56.2 Å². The maximum Gasteiger partial charge on any atom is 0.323 e. The number of hydrogen-bond donors (Lipinski definition) is 1. The molecule has 1 N–H and O–H groups in total. The number of nitrogens with zero attached hydrogens (tertiary/aromatic N) is 1. The summed E-state index contributed by atoms with van der Waals surface area (Å²) in [5.41, 5.74) is 1.15. The zero-order valence-electron chi connectivity index (χ0n) is 16.3. The van der Waals surface area contributed by atoms with E-state index >= 15 is 0 Å². The third kappa shape index (κ3) is 4.80. The van der Waals surface area contributed by atoms with E-state index in [9.17, 15) is 9.59 Å². The lowest BCUT2D eigenvalue weighted by Crippen LogP contribution is -2.48. The normalized spacial score (nSPS) is 24.9. The van der Waals surface area contributed by atoms with E-state index in [1.807, 2.05) is 24.3 Å². The van der Waals surface area contributed by atoms with Crippen molar-refractivity contribution < 1.29 is 19.1 Å². The summed E-state index contributed by atoms with van der Waals surface area (Å²) in [4.78, 5) is 26.8. The Bertz CT molecular complexity index is 646. The fourth-order valence-corrected chi connectivity index (χ4v) is 4.51. The van der Waals surface area contributed by atoms with Gasteiger partial charge in [-0.2, -0.15) is 0 Å². The van der Waals surface area contributed by atoms with Gasteiger partial charge in [-0.25, -0.2) is 0 Å². The summed E-state index contributed by atoms with van der Waals surface area (Å²) in [5, 5.41) is 3.00. The molecule has 1 aliphatic heterocycles. The number of methoxy groups -OCH3 is 2. The molecule has 0 spiro atoms. The Morgan fingerprint density at radius 3 is 2.59 bits per heavy atom. The molecule has 3 atom stereocenters. The molecule has 3 rings (SSSR count). The van der Waals surface area contributed by atoms with E-state index in [1.54, 1.807) is 7.11 Å². The van der Waals surface area contributed by atoms with E-state index in [0.29, 0.717) is 18.5 Å². The van der Waals surface area contributed by atoms with Crippen LogP contribution in [0.3, 0.4) is 0 Å². The molecule has 1 saturated heterocycles. The molecular weight excluding hydrogens is 344 g/mol. The SMILES string of the molecule is COC(=O)C1CC2CCCCC2N1CC(=O)NCCc1ccc(OC)cc1. The van der Waals surface area contributed by atoms with Crippen LogP contribution in [0.5, 0.6) is 5.75 Å². The number of carbonyl (C=O) groups is 2. The van der Waals surface area contributed by atoms with Crippen LogP contribution in [0.2, 0.25) is 0 Å². The monoisotopic (exact) mass is 374 g/mol. The first-order valence-electron chi connectivity index (χ1n) is 9.85. The second kappa shape index (κ2) is 9.22. The molecule has 1 heterocycles. The molecule has 3 unspecified atom stereocenters. The summed E-state index contributed by atoms with van der Waals surface area (Å²) in [7, 11) is 3.07. The van der Waals surface area contributed by atoms with Crippen LogP contribution in [0.25, 0.3) is 0 Å². The van der Waals surface area contributed by atoms with E-state index in [4.69, 9.17) is 9.47 Å². The topological polar surface area (TPSA) is 67.9 Å². The highest BCUT2D eigenvalue weighted by Gasteiger charge is 2.46. The van der Waals surface area contributed by atoms with Crippen molar-refractivity contribution in [2.75, 3.05) is 27.3 Å². The van der Waals surface area contributed by atoms with Crippen molar-refractivity contribution in [1.29, 1.82) is 0 Å². The summed E-state index contributed by atoms with van der Waals surface area (Å²) < 4.78 is 10.1. The second-order valence-corrected chi connectivity index (χ2v) is 7.51. The molecule has 2 fully saturated rings. The maximum atomic E-state index is 12.5. The average molecular weight is 374 g/mol. The first kappa shape index (κ1) is 19.7. The van der Waals surface area contributed by atoms with Crippen molar-refractivity contribution in [2.45, 2.75) is 50.6 Å². The van der Waals surface area contributed by atoms with Crippen LogP contribution in [0.15, 0.2) is 24.3 Å². The number of amides is 1. The van der Waals surface area contributed by atoms with Crippen molar-refractivity contribution in [1.82, 2.24) is 10.2 Å². The Hall–Kier alpha value is -2.08. The van der Waals surface area contributed by atoms with Crippen molar-refractivity contribution in [3.8, 4) is 5.75 Å². The minimum atomic E-state index is -0.282. The zero-order chi connectivity index (χ0) is 19.2. The van der Waals surface area contributed by atoms with Gasteiger partial charge in [0.1, 0.15) is 11.8 Å². The number of ether oxygens (including phenoxy) is 2. The molecule has 1 aromatic rings. The predicted molar refractivity (Wildman–Crippen MR) is 103 cm³/mol. The maximum absolute atomic E-state index is 12.5. The van der Waals surface area contributed by atoms with Gasteiger partial charge in [0.05, 0.1) is 20.8 Å². The molecule has 0 bridgehead atoms. The number of likely N-dealkylation sites (tertiary alicyclic amines) is 1. The lowest BCUT2D eigenvalue weighted by atomic mass is 9.85. The number of fused-ring (bicyclic) bond motifs is 1. The zero-order valence-corrected chi connectivity index (χ0v) is 16.3. The van der Waals surface area contributed by atoms with Gasteiger partial charge in [0.2, 0.25) is 5.91 Å². The summed E-state index contributed by atoms with van der Waals surface area (Å²) in [6.45, 7) is 0.847. The third-order valence-electron chi connectivity index (χ3n) is 5.92. The molecule has 1 saturated carbocycles. The van der Waals surface area contributed by atoms with E-state index < -0.39 is 0 Å². The first-order chi connectivity index (χ1) is 13.1. The van der Waals surface area contributed by atoms with Gasteiger partial charge in [0, 0.05) is 12.6 Å². The molecule has 6 nitrogen and oxygen atoms in total. The standard InChI is InChI=1S/C21H30N2O4/c1-26-17-9-7-15(8-10-17)11-12-22-20(24)14-23-18-6-4-3-5-16(18)13-19(23)21(25)27-2/h7-10,16,18-19H,3-6,11-14H2,1-2H3,(H,22,24). The second-order valence-electron chi connectivity index (χ2n) is 7.51. The Labute approximate surface area is 161 Å². The average Bonchev–Trinajstić information content (AvgIpc) is 3.06. The highest BCUT2D eigenvalue weighted by atomic mass is 16.5. The first-order valence-corrected chi connectivity index (χ1v) is 9.85. The summed E-state index contributed by atoms with van der Waals surface area (Å²) in [6, 6.07) is 7.90. The number of esters is 1. The lowest BCUT2D eigenvalue weighted by Gasteiger charge is -2.32. The van der Waals surface area contributed by atoms with Crippen molar-refractivity contribution >= 4 is 11.9 Å². The van der Waals surface area contributed by atoms with E-state index in [1.165, 1.54) is 20.0 Å². The van der Waals surface area contributed by atoms with Crippen molar-refractivity contribution in [3.05, 3.63) is 29.8 Å². The summed E-state index contributed by atoms with van der Waals surface area (Å²) in [6.07, 6.45) is 6.19. The molecule has 27 heavy (non-hydrogen) atoms. The highest BCUT2D eigenvalue weighted by molar-refractivity contribution is 5.81. The predicted octanol–water partition coefficient (Wildman–Crippen LogP) is 2.16. The number of rotatable bonds is 7. The highest BCUT2D eigenvalue weighted by Crippen LogP contribution is 2.39. The number of carbonyl (C=O) groups excluding carboxylic acids is 2. The molecule has 1 aliphatic carbocycles. The van der Waals surface area contributed by atoms with E-state index in [0.717, 1.165) is 37.0 Å². The largest absolute Gasteiger partial charge is 0.497 e. The molecule has 1 amide bonds. The molecule has 6 heteroatoms. The fraction of sp³-hybridized carbons (Fsp3) is 0.619. The lowest BCUT2D eigenvalue weighted by molar-refractivity contribution is -0.146. The van der Waals surface area contributed by atoms with Crippen LogP contribution >= 0.6 is 0 Å². The molecule has 0 aromatic heterocycles. The molecule has 148 valence electrons. The Morgan fingerprint density at radius 1 is 1.15 bits per heavy atom. The Balaban J connectivity index is 1.52. The molecule has 1 aromatic carbocycles. The van der Waals surface area contributed by atoms with Crippen LogP contribution in [0, 0.1) is 5.92 Å². The van der Waals surface area contributed by atoms with Gasteiger partial charge < -0.3 is 14.8 Å². The van der Waals surface area contributed by atoms with Gasteiger partial charge in [-0.15, -0.1) is 0 Å². The van der Waals surface area contributed by atoms with Gasteiger partial charge in [-0.05, 0) is 49.3 Å².